The van der Waals surface area contributed by atoms with E-state index in [0.717, 1.165) is 12.2 Å². The van der Waals surface area contributed by atoms with E-state index in [1.807, 2.05) is 0 Å². The van der Waals surface area contributed by atoms with Gasteiger partial charge in [-0.05, 0) is 6.42 Å². The van der Waals surface area contributed by atoms with E-state index in [9.17, 15) is 0 Å². The first-order valence-corrected chi connectivity index (χ1v) is 4.18. The molecule has 70 valence electrons. The molecule has 0 aliphatic heterocycles. The molecule has 2 unspecified atom stereocenters. The van der Waals surface area contributed by atoms with E-state index >= 15 is 0 Å². The molecular formula is C8H12N4O. The van der Waals surface area contributed by atoms with Gasteiger partial charge in [-0.15, -0.1) is 0 Å². The summed E-state index contributed by atoms with van der Waals surface area (Å²) in [5.41, 5.74) is 5.65. The zero-order valence-electron chi connectivity index (χ0n) is 7.40. The largest absolute Gasteiger partial charge is 0.481 e. The Balaban J connectivity index is 2.03. The van der Waals surface area contributed by atoms with Crippen molar-refractivity contribution in [2.75, 3.05) is 12.4 Å². The number of ether oxygens (including phenoxy) is 1. The van der Waals surface area contributed by atoms with E-state index in [1.54, 1.807) is 13.2 Å². The van der Waals surface area contributed by atoms with Crippen LogP contribution in [0.25, 0.3) is 0 Å². The smallest absolute Gasteiger partial charge is 0.218 e. The third-order valence-corrected chi connectivity index (χ3v) is 2.02. The average molecular weight is 180 g/mol. The Morgan fingerprint density at radius 2 is 2.38 bits per heavy atom. The van der Waals surface area contributed by atoms with Gasteiger partial charge in [-0.3, -0.25) is 0 Å². The van der Waals surface area contributed by atoms with Gasteiger partial charge in [-0.1, -0.05) is 0 Å². The summed E-state index contributed by atoms with van der Waals surface area (Å²) < 4.78 is 4.96. The molecule has 0 amide bonds. The lowest BCUT2D eigenvalue weighted by atomic mass is 10.5. The fraction of sp³-hybridized carbons (Fsp3) is 0.500. The van der Waals surface area contributed by atoms with Crippen LogP contribution in [-0.2, 0) is 0 Å². The minimum Gasteiger partial charge on any atom is -0.481 e. The van der Waals surface area contributed by atoms with Crippen LogP contribution in [0.3, 0.4) is 0 Å². The van der Waals surface area contributed by atoms with Gasteiger partial charge in [0.2, 0.25) is 5.88 Å². The molecule has 0 radical (unpaired) electrons. The van der Waals surface area contributed by atoms with E-state index in [2.05, 4.69) is 15.3 Å². The Kier molecular flexibility index (Phi) is 2.02. The van der Waals surface area contributed by atoms with Crippen LogP contribution in [-0.4, -0.2) is 29.2 Å². The van der Waals surface area contributed by atoms with Crippen molar-refractivity contribution in [3.05, 3.63) is 12.4 Å². The molecule has 13 heavy (non-hydrogen) atoms. The Bertz CT molecular complexity index is 304. The Morgan fingerprint density at radius 3 is 3.00 bits per heavy atom. The summed E-state index contributed by atoms with van der Waals surface area (Å²) in [6.07, 6.45) is 2.47. The highest BCUT2D eigenvalue weighted by molar-refractivity contribution is 5.40. The number of nitrogens with two attached hydrogens (primary N) is 1. The second-order valence-corrected chi connectivity index (χ2v) is 3.10. The van der Waals surface area contributed by atoms with Crippen LogP contribution in [0.2, 0.25) is 0 Å². The van der Waals surface area contributed by atoms with Gasteiger partial charge in [0.15, 0.2) is 0 Å². The second-order valence-electron chi connectivity index (χ2n) is 3.10. The molecule has 3 N–H and O–H groups in total. The van der Waals surface area contributed by atoms with E-state index in [1.165, 1.54) is 6.33 Å². The molecule has 0 bridgehead atoms. The highest BCUT2D eigenvalue weighted by Gasteiger charge is 2.33. The van der Waals surface area contributed by atoms with E-state index in [0.29, 0.717) is 11.9 Å². The Hall–Kier alpha value is -1.36. The minimum absolute atomic E-state index is 0.265. The minimum atomic E-state index is 0.265. The predicted octanol–water partition coefficient (Wildman–Crippen LogP) is -0.00330. The summed E-state index contributed by atoms with van der Waals surface area (Å²) in [7, 11) is 1.58. The quantitative estimate of drug-likeness (QED) is 0.684. The first kappa shape index (κ1) is 8.25. The van der Waals surface area contributed by atoms with Crippen LogP contribution < -0.4 is 15.8 Å². The van der Waals surface area contributed by atoms with Crippen LogP contribution in [0.5, 0.6) is 5.88 Å². The summed E-state index contributed by atoms with van der Waals surface area (Å²) in [5, 5.41) is 3.18. The van der Waals surface area contributed by atoms with Crippen molar-refractivity contribution in [3.8, 4) is 5.88 Å². The molecule has 1 heterocycles. The van der Waals surface area contributed by atoms with Crippen molar-refractivity contribution in [2.45, 2.75) is 18.5 Å². The van der Waals surface area contributed by atoms with Gasteiger partial charge in [0.1, 0.15) is 12.1 Å². The number of nitrogens with zero attached hydrogens (tertiary/aromatic N) is 2. The Morgan fingerprint density at radius 1 is 1.62 bits per heavy atom. The summed E-state index contributed by atoms with van der Waals surface area (Å²) in [6.45, 7) is 0. The monoisotopic (exact) mass is 180 g/mol. The molecule has 1 fully saturated rings. The summed E-state index contributed by atoms with van der Waals surface area (Å²) in [5.74, 6) is 1.33. The van der Waals surface area contributed by atoms with Gasteiger partial charge in [0.25, 0.3) is 0 Å². The van der Waals surface area contributed by atoms with Gasteiger partial charge in [-0.2, -0.15) is 0 Å². The van der Waals surface area contributed by atoms with E-state index in [4.69, 9.17) is 10.5 Å². The summed E-state index contributed by atoms with van der Waals surface area (Å²) in [6, 6.07) is 2.38. The third-order valence-electron chi connectivity index (χ3n) is 2.02. The number of aromatic nitrogens is 2. The summed E-state index contributed by atoms with van der Waals surface area (Å²) in [4.78, 5) is 7.94. The molecule has 5 nitrogen and oxygen atoms in total. The molecule has 1 aliphatic rings. The zero-order valence-corrected chi connectivity index (χ0v) is 7.40. The highest BCUT2D eigenvalue weighted by atomic mass is 16.5. The molecule has 1 saturated carbocycles. The first-order chi connectivity index (χ1) is 6.29. The fourth-order valence-corrected chi connectivity index (χ4v) is 1.10. The third kappa shape index (κ3) is 1.86. The lowest BCUT2D eigenvalue weighted by Crippen LogP contribution is -2.14. The van der Waals surface area contributed by atoms with Crippen LogP contribution >= 0.6 is 0 Å². The van der Waals surface area contributed by atoms with Gasteiger partial charge in [0, 0.05) is 18.2 Å². The molecule has 2 rings (SSSR count). The van der Waals surface area contributed by atoms with Crippen LogP contribution in [0.15, 0.2) is 12.4 Å². The SMILES string of the molecule is COc1cc(NC2CC2N)ncn1. The maximum atomic E-state index is 5.65. The second kappa shape index (κ2) is 3.18. The molecule has 5 heteroatoms. The molecule has 0 aromatic carbocycles. The highest BCUT2D eigenvalue weighted by Crippen LogP contribution is 2.23. The zero-order chi connectivity index (χ0) is 9.26. The van der Waals surface area contributed by atoms with E-state index in [-0.39, 0.29) is 6.04 Å². The predicted molar refractivity (Wildman–Crippen MR) is 48.6 cm³/mol. The Labute approximate surface area is 76.3 Å². The standard InChI is InChI=1S/C8H12N4O/c1-13-8-3-7(10-4-11-8)12-6-2-5(6)9/h3-6H,2,9H2,1H3,(H,10,11,12). The first-order valence-electron chi connectivity index (χ1n) is 4.18. The van der Waals surface area contributed by atoms with Crippen molar-refractivity contribution in [2.24, 2.45) is 5.73 Å². The molecule has 0 spiro atoms. The molecule has 2 atom stereocenters. The summed E-state index contributed by atoms with van der Waals surface area (Å²) >= 11 is 0. The fourth-order valence-electron chi connectivity index (χ4n) is 1.10. The molecular weight excluding hydrogens is 168 g/mol. The van der Waals surface area contributed by atoms with Crippen LogP contribution in [0, 0.1) is 0 Å². The van der Waals surface area contributed by atoms with Crippen LogP contribution in [0.1, 0.15) is 6.42 Å². The number of anilines is 1. The lowest BCUT2D eigenvalue weighted by Gasteiger charge is -2.04. The van der Waals surface area contributed by atoms with Crippen molar-refractivity contribution in [1.82, 2.24) is 9.97 Å². The maximum absolute atomic E-state index is 5.65. The van der Waals surface area contributed by atoms with Crippen molar-refractivity contribution < 1.29 is 4.74 Å². The van der Waals surface area contributed by atoms with Crippen molar-refractivity contribution in [1.29, 1.82) is 0 Å². The lowest BCUT2D eigenvalue weighted by molar-refractivity contribution is 0.397. The molecule has 1 aliphatic carbocycles. The topological polar surface area (TPSA) is 73.1 Å². The normalized spacial score (nSPS) is 25.4. The number of methoxy groups -OCH3 is 1. The molecule has 1 aromatic rings. The number of rotatable bonds is 3. The number of hydrogen-bond acceptors (Lipinski definition) is 5. The van der Waals surface area contributed by atoms with Gasteiger partial charge >= 0.3 is 0 Å². The van der Waals surface area contributed by atoms with Crippen molar-refractivity contribution >= 4 is 5.82 Å². The molecule has 1 aromatic heterocycles. The van der Waals surface area contributed by atoms with Gasteiger partial charge in [-0.25, -0.2) is 9.97 Å². The van der Waals surface area contributed by atoms with Gasteiger partial charge in [0.05, 0.1) is 7.11 Å². The molecule has 0 saturated heterocycles. The maximum Gasteiger partial charge on any atom is 0.218 e. The van der Waals surface area contributed by atoms with Gasteiger partial charge < -0.3 is 15.8 Å². The van der Waals surface area contributed by atoms with Crippen molar-refractivity contribution in [3.63, 3.8) is 0 Å². The average Bonchev–Trinajstić information content (AvgIpc) is 2.82. The number of hydrogen-bond donors (Lipinski definition) is 2. The number of nitrogens with one attached hydrogen (secondary N) is 1. The van der Waals surface area contributed by atoms with Crippen LogP contribution in [0.4, 0.5) is 5.82 Å². The van der Waals surface area contributed by atoms with E-state index < -0.39 is 0 Å².